The predicted octanol–water partition coefficient (Wildman–Crippen LogP) is 3.04. The number of nitrogens with one attached hydrogen (secondary N) is 1. The van der Waals surface area contributed by atoms with E-state index < -0.39 is 23.3 Å². The summed E-state index contributed by atoms with van der Waals surface area (Å²) in [6.07, 6.45) is -2.10. The van der Waals surface area contributed by atoms with Crippen LogP contribution >= 0.6 is 0 Å². The van der Waals surface area contributed by atoms with Crippen molar-refractivity contribution in [2.45, 2.75) is 26.1 Å². The number of aromatic nitrogens is 4. The second-order valence-corrected chi connectivity index (χ2v) is 10.4. The smallest absolute Gasteiger partial charge is 0.382 e. The fraction of sp³-hybridized carbons (Fsp3) is 0.444. The Kier molecular flexibility index (Phi) is 7.95. The molecule has 3 atom stereocenters. The lowest BCUT2D eigenvalue weighted by atomic mass is 9.86. The lowest BCUT2D eigenvalue weighted by Crippen LogP contribution is -2.51. The van der Waals surface area contributed by atoms with Gasteiger partial charge >= 0.3 is 6.18 Å². The Bertz CT molecular complexity index is 1400. The van der Waals surface area contributed by atoms with Gasteiger partial charge in [0.2, 0.25) is 0 Å². The molecule has 0 radical (unpaired) electrons. The predicted molar refractivity (Wildman–Crippen MR) is 148 cm³/mol. The molecule has 0 aromatic carbocycles. The molecule has 5 heterocycles. The third-order valence-electron chi connectivity index (χ3n) is 7.47. The number of amides is 1. The van der Waals surface area contributed by atoms with Crippen LogP contribution in [0, 0.1) is 11.8 Å². The van der Waals surface area contributed by atoms with E-state index in [-0.39, 0.29) is 40.9 Å². The summed E-state index contributed by atoms with van der Waals surface area (Å²) in [4.78, 5) is 34.1. The SMILES string of the molecule is C[C@@H]1CN(c2cccnc2NC(=O)c2nc(-c3nc(N4CCOCC4)ccc3C(F)(F)F)cnc2N)C[C@H](C)[C@@H]1N. The summed E-state index contributed by atoms with van der Waals surface area (Å²) in [5.74, 6) is 0.0250. The second kappa shape index (κ2) is 11.4. The van der Waals surface area contributed by atoms with E-state index in [0.717, 1.165) is 12.3 Å². The van der Waals surface area contributed by atoms with Gasteiger partial charge in [0.15, 0.2) is 17.3 Å². The molecule has 3 aromatic rings. The van der Waals surface area contributed by atoms with Crippen molar-refractivity contribution in [3.63, 3.8) is 0 Å². The molecule has 2 aliphatic heterocycles. The van der Waals surface area contributed by atoms with Crippen molar-refractivity contribution in [3.05, 3.63) is 47.9 Å². The molecule has 41 heavy (non-hydrogen) atoms. The molecule has 5 rings (SSSR count). The summed E-state index contributed by atoms with van der Waals surface area (Å²) >= 11 is 0. The number of halogens is 3. The van der Waals surface area contributed by atoms with Crippen molar-refractivity contribution >= 4 is 29.0 Å². The molecular weight excluding hydrogens is 539 g/mol. The molecule has 1 amide bonds. The normalized spacial score (nSPS) is 21.6. The van der Waals surface area contributed by atoms with Crippen molar-refractivity contribution < 1.29 is 22.7 Å². The van der Waals surface area contributed by atoms with E-state index in [1.807, 2.05) is 11.0 Å². The lowest BCUT2D eigenvalue weighted by molar-refractivity contribution is -0.137. The van der Waals surface area contributed by atoms with Crippen LogP contribution in [-0.4, -0.2) is 71.3 Å². The molecule has 218 valence electrons. The maximum absolute atomic E-state index is 14.0. The molecule has 2 saturated heterocycles. The van der Waals surface area contributed by atoms with Crippen LogP contribution in [0.25, 0.3) is 11.4 Å². The van der Waals surface area contributed by atoms with Crippen molar-refractivity contribution in [2.24, 2.45) is 17.6 Å². The highest BCUT2D eigenvalue weighted by atomic mass is 19.4. The Labute approximate surface area is 235 Å². The van der Waals surface area contributed by atoms with Crippen LogP contribution in [-0.2, 0) is 10.9 Å². The molecular formula is C27H32F3N9O2. The van der Waals surface area contributed by atoms with Gasteiger partial charge in [-0.2, -0.15) is 13.2 Å². The van der Waals surface area contributed by atoms with E-state index in [1.54, 1.807) is 6.07 Å². The third-order valence-corrected chi connectivity index (χ3v) is 7.47. The Morgan fingerprint density at radius 3 is 2.44 bits per heavy atom. The minimum Gasteiger partial charge on any atom is -0.382 e. The first-order valence-electron chi connectivity index (χ1n) is 13.3. The Hall–Kier alpha value is -4.04. The second-order valence-electron chi connectivity index (χ2n) is 10.4. The summed E-state index contributed by atoms with van der Waals surface area (Å²) in [7, 11) is 0. The topological polar surface area (TPSA) is 148 Å². The highest BCUT2D eigenvalue weighted by Gasteiger charge is 2.36. The number of morpholine rings is 1. The largest absolute Gasteiger partial charge is 0.418 e. The van der Waals surface area contributed by atoms with Gasteiger partial charge in [0, 0.05) is 38.4 Å². The number of pyridine rings is 2. The maximum atomic E-state index is 14.0. The van der Waals surface area contributed by atoms with E-state index in [0.29, 0.717) is 50.9 Å². The maximum Gasteiger partial charge on any atom is 0.418 e. The number of nitrogens with zero attached hydrogens (tertiary/aromatic N) is 6. The number of nitrogen functional groups attached to an aromatic ring is 1. The molecule has 2 fully saturated rings. The van der Waals surface area contributed by atoms with Crippen LogP contribution in [0.1, 0.15) is 29.9 Å². The fourth-order valence-electron chi connectivity index (χ4n) is 5.21. The molecule has 14 heteroatoms. The zero-order valence-electron chi connectivity index (χ0n) is 22.7. The van der Waals surface area contributed by atoms with Crippen molar-refractivity contribution in [3.8, 4) is 11.4 Å². The lowest BCUT2D eigenvalue weighted by Gasteiger charge is -2.41. The van der Waals surface area contributed by atoms with Gasteiger partial charge in [0.1, 0.15) is 17.2 Å². The average Bonchev–Trinajstić information content (AvgIpc) is 2.96. The molecule has 2 aliphatic rings. The first-order chi connectivity index (χ1) is 19.5. The van der Waals surface area contributed by atoms with Gasteiger partial charge in [-0.1, -0.05) is 13.8 Å². The molecule has 0 aliphatic carbocycles. The number of alkyl halides is 3. The molecule has 3 aromatic heterocycles. The molecule has 0 unspecified atom stereocenters. The summed E-state index contributed by atoms with van der Waals surface area (Å²) in [5, 5.41) is 2.72. The standard InChI is InChI=1S/C27H32F3N9O2/c1-15-13-39(14-16(2)21(15)31)19-4-3-7-33-25(19)37-26(40)23-24(32)34-12-18(35-23)22-17(27(28,29)30)5-6-20(36-22)38-8-10-41-11-9-38/h3-7,12,15-16,21H,8-11,13-14,31H2,1-2H3,(H2,32,34)(H,33,37,40)/t15-,16+,21-. The van der Waals surface area contributed by atoms with Gasteiger partial charge in [-0.3, -0.25) is 4.79 Å². The number of carbonyl (C=O) groups is 1. The van der Waals surface area contributed by atoms with Gasteiger partial charge in [0.05, 0.1) is 30.7 Å². The van der Waals surface area contributed by atoms with E-state index in [2.05, 4.69) is 44.0 Å². The van der Waals surface area contributed by atoms with Gasteiger partial charge < -0.3 is 31.3 Å². The first kappa shape index (κ1) is 28.5. The van der Waals surface area contributed by atoms with Crippen molar-refractivity contribution in [2.75, 3.05) is 60.2 Å². The van der Waals surface area contributed by atoms with E-state index in [4.69, 9.17) is 16.2 Å². The van der Waals surface area contributed by atoms with Crippen molar-refractivity contribution in [1.82, 2.24) is 19.9 Å². The molecule has 5 N–H and O–H groups in total. The zero-order chi connectivity index (χ0) is 29.3. The monoisotopic (exact) mass is 571 g/mol. The van der Waals surface area contributed by atoms with E-state index in [9.17, 15) is 18.0 Å². The van der Waals surface area contributed by atoms with Gasteiger partial charge in [0.25, 0.3) is 5.91 Å². The number of hydrogen-bond donors (Lipinski definition) is 3. The molecule has 0 saturated carbocycles. The number of hydrogen-bond acceptors (Lipinski definition) is 10. The van der Waals surface area contributed by atoms with Crippen LogP contribution in [0.2, 0.25) is 0 Å². The van der Waals surface area contributed by atoms with Crippen LogP contribution in [0.5, 0.6) is 0 Å². The van der Waals surface area contributed by atoms with Gasteiger partial charge in [-0.25, -0.2) is 19.9 Å². The molecule has 0 bridgehead atoms. The van der Waals surface area contributed by atoms with Gasteiger partial charge in [-0.05, 0) is 36.1 Å². The number of carbonyl (C=O) groups excluding carboxylic acids is 1. The third kappa shape index (κ3) is 6.03. The molecule has 11 nitrogen and oxygen atoms in total. The minimum atomic E-state index is -4.72. The quantitative estimate of drug-likeness (QED) is 0.417. The highest BCUT2D eigenvalue weighted by molar-refractivity contribution is 6.06. The number of ether oxygens (including phenoxy) is 1. The summed E-state index contributed by atoms with van der Waals surface area (Å²) in [6.45, 7) is 7.30. The Balaban J connectivity index is 1.47. The van der Waals surface area contributed by atoms with Crippen LogP contribution in [0.4, 0.5) is 36.3 Å². The highest BCUT2D eigenvalue weighted by Crippen LogP contribution is 2.37. The van der Waals surface area contributed by atoms with E-state index in [1.165, 1.54) is 12.3 Å². The Morgan fingerprint density at radius 2 is 1.76 bits per heavy atom. The van der Waals surface area contributed by atoms with Gasteiger partial charge in [-0.15, -0.1) is 0 Å². The summed E-state index contributed by atoms with van der Waals surface area (Å²) in [5.41, 5.74) is 10.9. The van der Waals surface area contributed by atoms with Crippen molar-refractivity contribution in [1.29, 1.82) is 0 Å². The average molecular weight is 572 g/mol. The summed E-state index contributed by atoms with van der Waals surface area (Å²) < 4.78 is 47.3. The first-order valence-corrected chi connectivity index (χ1v) is 13.3. The summed E-state index contributed by atoms with van der Waals surface area (Å²) in [6, 6.07) is 5.91. The zero-order valence-corrected chi connectivity index (χ0v) is 22.7. The number of anilines is 4. The fourth-order valence-corrected chi connectivity index (χ4v) is 5.21. The van der Waals surface area contributed by atoms with E-state index >= 15 is 0 Å². The minimum absolute atomic E-state index is 0.0516. The van der Waals surface area contributed by atoms with Crippen LogP contribution in [0.3, 0.4) is 0 Å². The molecule has 0 spiro atoms. The van der Waals surface area contributed by atoms with Crippen LogP contribution in [0.15, 0.2) is 36.7 Å². The number of nitrogens with two attached hydrogens (primary N) is 2. The number of rotatable bonds is 5. The Morgan fingerprint density at radius 1 is 1.05 bits per heavy atom. The van der Waals surface area contributed by atoms with Crippen LogP contribution < -0.4 is 26.6 Å². The number of piperidine rings is 1.